The standard InChI is InChI=1S/C13H9N5O3/c14-4-7-8(6-2-1-3-16-5-6)9-11(19)17-13(20)18-12(9)21-10(7)15/h1-3,5,8H,15H2,(H2,17,18,19,20). The zero-order valence-corrected chi connectivity index (χ0v) is 10.6. The molecule has 0 spiro atoms. The van der Waals surface area contributed by atoms with Gasteiger partial charge in [-0.2, -0.15) is 5.26 Å². The van der Waals surface area contributed by atoms with E-state index in [1.165, 1.54) is 6.20 Å². The molecule has 104 valence electrons. The fourth-order valence-corrected chi connectivity index (χ4v) is 2.27. The Kier molecular flexibility index (Phi) is 2.80. The van der Waals surface area contributed by atoms with Crippen molar-refractivity contribution in [1.29, 1.82) is 5.26 Å². The van der Waals surface area contributed by atoms with Crippen LogP contribution in [0.15, 0.2) is 45.6 Å². The highest BCUT2D eigenvalue weighted by Gasteiger charge is 2.34. The molecule has 4 N–H and O–H groups in total. The maximum Gasteiger partial charge on any atom is 0.328 e. The van der Waals surface area contributed by atoms with Gasteiger partial charge in [0.1, 0.15) is 11.6 Å². The topological polar surface area (TPSA) is 138 Å². The molecule has 0 saturated heterocycles. The third kappa shape index (κ3) is 1.97. The van der Waals surface area contributed by atoms with Gasteiger partial charge in [-0.3, -0.25) is 19.7 Å². The van der Waals surface area contributed by atoms with Gasteiger partial charge < -0.3 is 10.5 Å². The highest BCUT2D eigenvalue weighted by atomic mass is 16.5. The molecule has 8 nitrogen and oxygen atoms in total. The predicted molar refractivity (Wildman–Crippen MR) is 71.2 cm³/mol. The van der Waals surface area contributed by atoms with E-state index in [-0.39, 0.29) is 22.9 Å². The van der Waals surface area contributed by atoms with E-state index in [1.807, 2.05) is 6.07 Å². The molecule has 3 rings (SSSR count). The van der Waals surface area contributed by atoms with Gasteiger partial charge in [-0.1, -0.05) is 6.07 Å². The van der Waals surface area contributed by atoms with Crippen molar-refractivity contribution in [3.63, 3.8) is 0 Å². The number of fused-ring (bicyclic) bond motifs is 1. The molecule has 0 amide bonds. The van der Waals surface area contributed by atoms with Gasteiger partial charge in [-0.15, -0.1) is 0 Å². The molecule has 0 radical (unpaired) electrons. The number of aromatic amines is 2. The lowest BCUT2D eigenvalue weighted by Gasteiger charge is -2.24. The van der Waals surface area contributed by atoms with Crippen LogP contribution in [0.2, 0.25) is 0 Å². The summed E-state index contributed by atoms with van der Waals surface area (Å²) in [6.07, 6.45) is 3.09. The van der Waals surface area contributed by atoms with E-state index >= 15 is 0 Å². The Morgan fingerprint density at radius 1 is 1.38 bits per heavy atom. The lowest BCUT2D eigenvalue weighted by atomic mass is 9.86. The molecular formula is C13H9N5O3. The van der Waals surface area contributed by atoms with E-state index in [1.54, 1.807) is 18.3 Å². The van der Waals surface area contributed by atoms with Gasteiger partial charge in [0.25, 0.3) is 5.56 Å². The van der Waals surface area contributed by atoms with Crippen LogP contribution in [0.3, 0.4) is 0 Å². The Morgan fingerprint density at radius 3 is 2.86 bits per heavy atom. The average molecular weight is 283 g/mol. The first kappa shape index (κ1) is 12.7. The molecule has 0 bridgehead atoms. The van der Waals surface area contributed by atoms with E-state index in [0.717, 1.165) is 0 Å². The van der Waals surface area contributed by atoms with Crippen molar-refractivity contribution in [2.75, 3.05) is 0 Å². The first-order chi connectivity index (χ1) is 10.1. The number of nitrogens with one attached hydrogen (secondary N) is 2. The van der Waals surface area contributed by atoms with E-state index in [9.17, 15) is 14.9 Å². The minimum absolute atomic E-state index is 0.0610. The molecule has 1 atom stereocenters. The molecule has 0 aromatic carbocycles. The summed E-state index contributed by atoms with van der Waals surface area (Å²) in [7, 11) is 0. The normalized spacial score (nSPS) is 16.8. The number of allylic oxidation sites excluding steroid dienone is 1. The second kappa shape index (κ2) is 4.64. The number of nitriles is 1. The van der Waals surface area contributed by atoms with Gasteiger partial charge in [0.05, 0.1) is 11.5 Å². The van der Waals surface area contributed by atoms with E-state index in [4.69, 9.17) is 10.5 Å². The fraction of sp³-hybridized carbons (Fsp3) is 0.0769. The van der Waals surface area contributed by atoms with Gasteiger partial charge in [0.15, 0.2) is 0 Å². The Morgan fingerprint density at radius 2 is 2.19 bits per heavy atom. The summed E-state index contributed by atoms with van der Waals surface area (Å²) in [5.74, 6) is -0.956. The molecule has 0 saturated carbocycles. The Hall–Kier alpha value is -3.34. The van der Waals surface area contributed by atoms with Crippen LogP contribution in [-0.4, -0.2) is 15.0 Å². The van der Waals surface area contributed by atoms with Crippen LogP contribution in [0.1, 0.15) is 17.0 Å². The second-order valence-corrected chi connectivity index (χ2v) is 4.36. The monoisotopic (exact) mass is 283 g/mol. The molecule has 1 aliphatic rings. The van der Waals surface area contributed by atoms with Crippen molar-refractivity contribution >= 4 is 0 Å². The van der Waals surface area contributed by atoms with Gasteiger partial charge in [-0.25, -0.2) is 4.79 Å². The van der Waals surface area contributed by atoms with Crippen molar-refractivity contribution in [3.05, 3.63) is 67.9 Å². The van der Waals surface area contributed by atoms with Gasteiger partial charge in [-0.05, 0) is 11.6 Å². The van der Waals surface area contributed by atoms with Crippen LogP contribution in [0.4, 0.5) is 0 Å². The highest BCUT2D eigenvalue weighted by molar-refractivity contribution is 5.51. The third-order valence-electron chi connectivity index (χ3n) is 3.14. The van der Waals surface area contributed by atoms with E-state index in [2.05, 4.69) is 15.0 Å². The van der Waals surface area contributed by atoms with Crippen LogP contribution < -0.4 is 21.7 Å². The van der Waals surface area contributed by atoms with Crippen molar-refractivity contribution < 1.29 is 4.74 Å². The number of aromatic nitrogens is 3. The van der Waals surface area contributed by atoms with Gasteiger partial charge in [0, 0.05) is 12.4 Å². The number of nitrogens with two attached hydrogens (primary N) is 1. The van der Waals surface area contributed by atoms with Gasteiger partial charge >= 0.3 is 5.69 Å². The minimum Gasteiger partial charge on any atom is -0.424 e. The maximum absolute atomic E-state index is 12.1. The van der Waals surface area contributed by atoms with Crippen LogP contribution in [-0.2, 0) is 0 Å². The molecule has 3 heterocycles. The third-order valence-corrected chi connectivity index (χ3v) is 3.14. The molecular weight excluding hydrogens is 274 g/mol. The first-order valence-electron chi connectivity index (χ1n) is 5.96. The van der Waals surface area contributed by atoms with Crippen molar-refractivity contribution in [3.8, 4) is 11.9 Å². The number of nitrogens with zero attached hydrogens (tertiary/aromatic N) is 2. The summed E-state index contributed by atoms with van der Waals surface area (Å²) in [4.78, 5) is 31.9. The summed E-state index contributed by atoms with van der Waals surface area (Å²) in [5, 5.41) is 9.29. The van der Waals surface area contributed by atoms with Crippen LogP contribution in [0.25, 0.3) is 0 Å². The SMILES string of the molecule is N#CC1=C(N)Oc2[nH]c(=O)[nH]c(=O)c2C1c1cccnc1. The zero-order valence-electron chi connectivity index (χ0n) is 10.6. The number of ether oxygens (including phenoxy) is 1. The maximum atomic E-state index is 12.1. The lowest BCUT2D eigenvalue weighted by molar-refractivity contribution is 0.373. The smallest absolute Gasteiger partial charge is 0.328 e. The van der Waals surface area contributed by atoms with Gasteiger partial charge in [0.2, 0.25) is 11.8 Å². The fourth-order valence-electron chi connectivity index (χ4n) is 2.27. The highest BCUT2D eigenvalue weighted by Crippen LogP contribution is 2.37. The van der Waals surface area contributed by atoms with E-state index < -0.39 is 17.2 Å². The molecule has 2 aromatic rings. The molecule has 0 fully saturated rings. The predicted octanol–water partition coefficient (Wildman–Crippen LogP) is -0.324. The van der Waals surface area contributed by atoms with Crippen LogP contribution in [0, 0.1) is 11.3 Å². The lowest BCUT2D eigenvalue weighted by Crippen LogP contribution is -2.33. The second-order valence-electron chi connectivity index (χ2n) is 4.36. The molecule has 2 aromatic heterocycles. The molecule has 1 unspecified atom stereocenters. The van der Waals surface area contributed by atoms with E-state index in [0.29, 0.717) is 5.56 Å². The number of rotatable bonds is 1. The number of pyridine rings is 1. The molecule has 8 heteroatoms. The zero-order chi connectivity index (χ0) is 15.0. The Bertz CT molecular complexity index is 889. The van der Waals surface area contributed by atoms with Crippen molar-refractivity contribution in [2.45, 2.75) is 5.92 Å². The minimum atomic E-state index is -0.743. The summed E-state index contributed by atoms with van der Waals surface area (Å²) < 4.78 is 5.19. The summed E-state index contributed by atoms with van der Waals surface area (Å²) in [6, 6.07) is 5.33. The van der Waals surface area contributed by atoms with Crippen molar-refractivity contribution in [1.82, 2.24) is 15.0 Å². The molecule has 0 aliphatic carbocycles. The largest absolute Gasteiger partial charge is 0.424 e. The van der Waals surface area contributed by atoms with Crippen molar-refractivity contribution in [2.24, 2.45) is 5.73 Å². The Labute approximate surface area is 117 Å². The van der Waals surface area contributed by atoms with Crippen LogP contribution in [0.5, 0.6) is 5.88 Å². The average Bonchev–Trinajstić information content (AvgIpc) is 2.46. The summed E-state index contributed by atoms with van der Waals surface area (Å²) in [5.41, 5.74) is 5.17. The molecule has 21 heavy (non-hydrogen) atoms. The quantitative estimate of drug-likeness (QED) is 0.655. The summed E-state index contributed by atoms with van der Waals surface area (Å²) >= 11 is 0. The Balaban J connectivity index is 2.34. The van der Waals surface area contributed by atoms with Crippen LogP contribution >= 0.6 is 0 Å². The first-order valence-corrected chi connectivity index (χ1v) is 5.96. The molecule has 1 aliphatic heterocycles. The number of hydrogen-bond donors (Lipinski definition) is 3. The number of hydrogen-bond acceptors (Lipinski definition) is 6. The summed E-state index contributed by atoms with van der Waals surface area (Å²) in [6.45, 7) is 0. The number of H-pyrrole nitrogens is 2.